The molecule has 1 amide bonds. The average Bonchev–Trinajstić information content (AvgIpc) is 2.37. The van der Waals surface area contributed by atoms with Crippen LogP contribution in [0.25, 0.3) is 0 Å². The second kappa shape index (κ2) is 9.15. The van der Waals surface area contributed by atoms with E-state index in [1.165, 1.54) is 7.11 Å². The van der Waals surface area contributed by atoms with Gasteiger partial charge in [-0.2, -0.15) is 0 Å². The molecule has 0 aromatic heterocycles. The number of methoxy groups -OCH3 is 1. The number of carbonyl (C=O) groups is 3. The number of rotatable bonds is 8. The summed E-state index contributed by atoms with van der Waals surface area (Å²) in [6, 6.07) is -0.891. The van der Waals surface area contributed by atoms with Gasteiger partial charge in [-0.15, -0.1) is 6.58 Å². The van der Waals surface area contributed by atoms with E-state index in [1.54, 1.807) is 26.8 Å². The van der Waals surface area contributed by atoms with Crippen molar-refractivity contribution in [2.45, 2.75) is 58.1 Å². The van der Waals surface area contributed by atoms with Crippen LogP contribution in [0.4, 0.5) is 4.79 Å². The maximum atomic E-state index is 11.7. The van der Waals surface area contributed by atoms with Gasteiger partial charge in [0.15, 0.2) is 0 Å². The highest BCUT2D eigenvalue weighted by Crippen LogP contribution is 2.09. The molecule has 0 saturated carbocycles. The summed E-state index contributed by atoms with van der Waals surface area (Å²) in [5.41, 5.74) is -0.662. The summed E-state index contributed by atoms with van der Waals surface area (Å²) in [5.74, 6) is -0.591. The minimum Gasteiger partial charge on any atom is -0.467 e. The summed E-state index contributed by atoms with van der Waals surface area (Å²) in [6.07, 6.45) is 2.29. The number of ether oxygens (including phenoxy) is 2. The van der Waals surface area contributed by atoms with Crippen molar-refractivity contribution in [2.24, 2.45) is 0 Å². The van der Waals surface area contributed by atoms with Gasteiger partial charge in [0.25, 0.3) is 0 Å². The Hall–Kier alpha value is -1.85. The molecule has 0 aromatic rings. The Balaban J connectivity index is 4.46. The van der Waals surface area contributed by atoms with E-state index in [0.29, 0.717) is 12.8 Å². The van der Waals surface area contributed by atoms with Gasteiger partial charge in [-0.25, -0.2) is 9.59 Å². The van der Waals surface area contributed by atoms with Gasteiger partial charge < -0.3 is 14.8 Å². The molecule has 0 rings (SSSR count). The normalized spacial score (nSPS) is 12.2. The van der Waals surface area contributed by atoms with Crippen LogP contribution in [0.3, 0.4) is 0 Å². The number of amides is 1. The molecule has 0 aliphatic heterocycles. The molecule has 0 bridgehead atoms. The van der Waals surface area contributed by atoms with Crippen molar-refractivity contribution in [3.05, 3.63) is 12.7 Å². The van der Waals surface area contributed by atoms with Gasteiger partial charge in [0.1, 0.15) is 17.4 Å². The molecule has 0 saturated heterocycles. The number of nitrogens with one attached hydrogen (secondary N) is 1. The zero-order chi connectivity index (χ0) is 16.5. The summed E-state index contributed by atoms with van der Waals surface area (Å²) in [7, 11) is 1.23. The van der Waals surface area contributed by atoms with E-state index in [9.17, 15) is 14.4 Å². The summed E-state index contributed by atoms with van der Waals surface area (Å²) in [4.78, 5) is 34.9. The number of hydrogen-bond acceptors (Lipinski definition) is 5. The molecule has 0 aliphatic carbocycles. The van der Waals surface area contributed by atoms with Crippen LogP contribution in [0.5, 0.6) is 0 Å². The van der Waals surface area contributed by atoms with Crippen LogP contribution in [0, 0.1) is 0 Å². The molecular weight excluding hydrogens is 274 g/mol. The molecule has 6 nitrogen and oxygen atoms in total. The Morgan fingerprint density at radius 2 is 1.86 bits per heavy atom. The molecule has 1 N–H and O–H groups in total. The first-order valence-electron chi connectivity index (χ1n) is 6.89. The minimum atomic E-state index is -0.891. The predicted octanol–water partition coefficient (Wildman–Crippen LogP) is 2.37. The number of allylic oxidation sites excluding steroid dienone is 1. The third kappa shape index (κ3) is 9.65. The van der Waals surface area contributed by atoms with Crippen molar-refractivity contribution in [3.63, 3.8) is 0 Å². The lowest BCUT2D eigenvalue weighted by molar-refractivity contribution is -0.143. The molecule has 0 unspecified atom stereocenters. The molecule has 0 fully saturated rings. The molecule has 0 spiro atoms. The van der Waals surface area contributed by atoms with Gasteiger partial charge in [-0.05, 0) is 33.6 Å². The topological polar surface area (TPSA) is 81.7 Å². The zero-order valence-electron chi connectivity index (χ0n) is 13.2. The highest BCUT2D eigenvalue weighted by molar-refractivity contribution is 5.83. The van der Waals surface area contributed by atoms with E-state index >= 15 is 0 Å². The molecule has 120 valence electrons. The van der Waals surface area contributed by atoms with Crippen LogP contribution in [-0.4, -0.2) is 36.6 Å². The standard InChI is InChI=1S/C15H25NO5/c1-6-7-8-11(17)9-10-12(13(18)20-5)16-14(19)21-15(2,3)4/h6,12H,1,7-10H2,2-5H3,(H,16,19)/t12-/m0/s1. The number of Topliss-reactive ketones (excluding diaryl/α,β-unsaturated/α-hetero) is 1. The van der Waals surface area contributed by atoms with Crippen molar-refractivity contribution in [3.8, 4) is 0 Å². The predicted molar refractivity (Wildman–Crippen MR) is 78.8 cm³/mol. The fraction of sp³-hybridized carbons (Fsp3) is 0.667. The number of ketones is 1. The number of alkyl carbamates (subject to hydrolysis) is 1. The maximum Gasteiger partial charge on any atom is 0.408 e. The molecule has 6 heteroatoms. The van der Waals surface area contributed by atoms with Crippen molar-refractivity contribution in [1.82, 2.24) is 5.32 Å². The second-order valence-electron chi connectivity index (χ2n) is 5.63. The number of hydrogen-bond donors (Lipinski definition) is 1. The van der Waals surface area contributed by atoms with Crippen LogP contribution in [0.15, 0.2) is 12.7 Å². The molecule has 0 aliphatic rings. The summed E-state index contributed by atoms with van der Waals surface area (Å²) in [6.45, 7) is 8.71. The smallest absolute Gasteiger partial charge is 0.408 e. The first-order valence-corrected chi connectivity index (χ1v) is 6.89. The fourth-order valence-electron chi connectivity index (χ4n) is 1.53. The SMILES string of the molecule is C=CCCC(=O)CC[C@H](NC(=O)OC(C)(C)C)C(=O)OC. The molecular formula is C15H25NO5. The fourth-order valence-corrected chi connectivity index (χ4v) is 1.53. The Morgan fingerprint density at radius 3 is 2.33 bits per heavy atom. The molecule has 0 heterocycles. The maximum absolute atomic E-state index is 11.7. The van der Waals surface area contributed by atoms with Crippen LogP contribution in [-0.2, 0) is 19.1 Å². The lowest BCUT2D eigenvalue weighted by Gasteiger charge is -2.22. The Labute approximate surface area is 125 Å². The van der Waals surface area contributed by atoms with E-state index in [0.717, 1.165) is 0 Å². The van der Waals surface area contributed by atoms with Gasteiger partial charge in [0.2, 0.25) is 0 Å². The van der Waals surface area contributed by atoms with E-state index in [-0.39, 0.29) is 18.6 Å². The monoisotopic (exact) mass is 299 g/mol. The van der Waals surface area contributed by atoms with E-state index in [1.807, 2.05) is 0 Å². The highest BCUT2D eigenvalue weighted by atomic mass is 16.6. The van der Waals surface area contributed by atoms with Gasteiger partial charge in [-0.1, -0.05) is 6.08 Å². The average molecular weight is 299 g/mol. The third-order valence-corrected chi connectivity index (χ3v) is 2.52. The van der Waals surface area contributed by atoms with Crippen LogP contribution in [0.1, 0.15) is 46.5 Å². The van der Waals surface area contributed by atoms with Crippen molar-refractivity contribution >= 4 is 17.8 Å². The first-order chi connectivity index (χ1) is 9.69. The van der Waals surface area contributed by atoms with Crippen molar-refractivity contribution < 1.29 is 23.9 Å². The Morgan fingerprint density at radius 1 is 1.24 bits per heavy atom. The Kier molecular flexibility index (Phi) is 8.35. The van der Waals surface area contributed by atoms with Crippen LogP contribution in [0.2, 0.25) is 0 Å². The second-order valence-corrected chi connectivity index (χ2v) is 5.63. The van der Waals surface area contributed by atoms with E-state index in [2.05, 4.69) is 16.6 Å². The van der Waals surface area contributed by atoms with Gasteiger partial charge in [-0.3, -0.25) is 4.79 Å². The van der Waals surface area contributed by atoms with Crippen LogP contribution >= 0.6 is 0 Å². The summed E-state index contributed by atoms with van der Waals surface area (Å²) in [5, 5.41) is 2.43. The van der Waals surface area contributed by atoms with Gasteiger partial charge in [0, 0.05) is 12.8 Å². The lowest BCUT2D eigenvalue weighted by Crippen LogP contribution is -2.44. The van der Waals surface area contributed by atoms with Gasteiger partial charge >= 0.3 is 12.1 Å². The first kappa shape index (κ1) is 19.1. The summed E-state index contributed by atoms with van der Waals surface area (Å²) >= 11 is 0. The molecule has 0 radical (unpaired) electrons. The molecule has 1 atom stereocenters. The van der Waals surface area contributed by atoms with Crippen molar-refractivity contribution in [1.29, 1.82) is 0 Å². The third-order valence-electron chi connectivity index (χ3n) is 2.52. The van der Waals surface area contributed by atoms with E-state index in [4.69, 9.17) is 4.74 Å². The number of carbonyl (C=O) groups excluding carboxylic acids is 3. The van der Waals surface area contributed by atoms with E-state index < -0.39 is 23.7 Å². The Bertz CT molecular complexity index is 384. The van der Waals surface area contributed by atoms with Crippen molar-refractivity contribution in [2.75, 3.05) is 7.11 Å². The quantitative estimate of drug-likeness (QED) is 0.549. The van der Waals surface area contributed by atoms with Crippen LogP contribution < -0.4 is 5.32 Å². The van der Waals surface area contributed by atoms with Gasteiger partial charge in [0.05, 0.1) is 7.11 Å². The summed E-state index contributed by atoms with van der Waals surface area (Å²) < 4.78 is 9.70. The zero-order valence-corrected chi connectivity index (χ0v) is 13.2. The largest absolute Gasteiger partial charge is 0.467 e. The lowest BCUT2D eigenvalue weighted by atomic mass is 10.1. The highest BCUT2D eigenvalue weighted by Gasteiger charge is 2.25. The minimum absolute atomic E-state index is 0.00907. The molecule has 21 heavy (non-hydrogen) atoms. The molecule has 0 aromatic carbocycles. The number of esters is 1.